The van der Waals surface area contributed by atoms with Crippen LogP contribution >= 0.6 is 11.3 Å². The van der Waals surface area contributed by atoms with Crippen molar-refractivity contribution in [3.05, 3.63) is 34.3 Å². The summed E-state index contributed by atoms with van der Waals surface area (Å²) < 4.78 is 5.49. The van der Waals surface area contributed by atoms with E-state index in [9.17, 15) is 0 Å². The van der Waals surface area contributed by atoms with Gasteiger partial charge in [0.05, 0.1) is 18.4 Å². The predicted molar refractivity (Wildman–Crippen MR) is 90.2 cm³/mol. The molecule has 0 fully saturated rings. The Kier molecular flexibility index (Phi) is 4.69. The molecule has 0 amide bonds. The Bertz CT molecular complexity index is 626. The highest BCUT2D eigenvalue weighted by Crippen LogP contribution is 2.35. The molecule has 0 aliphatic rings. The standard InChI is InChI=1S/C17H24N2OS/c1-11-7-8-13(14(9-11)20-6)16-19-12(2)15(21-16)10-18-17(3,4)5/h7-9,18H,10H2,1-6H3. The average Bonchev–Trinajstić information content (AvgIpc) is 2.76. The van der Waals surface area contributed by atoms with Crippen molar-refractivity contribution in [2.75, 3.05) is 7.11 Å². The van der Waals surface area contributed by atoms with Crippen LogP contribution in [0.4, 0.5) is 0 Å². The van der Waals surface area contributed by atoms with E-state index in [2.05, 4.69) is 58.1 Å². The first-order valence-electron chi connectivity index (χ1n) is 7.16. The number of nitrogens with one attached hydrogen (secondary N) is 1. The Morgan fingerprint density at radius 2 is 1.95 bits per heavy atom. The Morgan fingerprint density at radius 3 is 2.57 bits per heavy atom. The number of ether oxygens (including phenoxy) is 1. The van der Waals surface area contributed by atoms with Gasteiger partial charge in [-0.1, -0.05) is 6.07 Å². The fourth-order valence-electron chi connectivity index (χ4n) is 2.03. The Labute approximate surface area is 131 Å². The number of aryl methyl sites for hydroxylation is 2. The van der Waals surface area contributed by atoms with Crippen molar-refractivity contribution >= 4 is 11.3 Å². The van der Waals surface area contributed by atoms with Crippen LogP contribution in [-0.2, 0) is 6.54 Å². The van der Waals surface area contributed by atoms with Crippen molar-refractivity contribution in [1.82, 2.24) is 10.3 Å². The summed E-state index contributed by atoms with van der Waals surface area (Å²) in [6.45, 7) is 11.5. The normalized spacial score (nSPS) is 11.7. The Balaban J connectivity index is 2.30. The first-order valence-corrected chi connectivity index (χ1v) is 7.98. The zero-order valence-corrected chi connectivity index (χ0v) is 14.5. The van der Waals surface area contributed by atoms with E-state index in [1.54, 1.807) is 18.4 Å². The van der Waals surface area contributed by atoms with E-state index in [1.165, 1.54) is 10.4 Å². The molecule has 0 radical (unpaired) electrons. The summed E-state index contributed by atoms with van der Waals surface area (Å²) in [5.41, 5.74) is 3.46. The summed E-state index contributed by atoms with van der Waals surface area (Å²) >= 11 is 1.74. The molecule has 1 N–H and O–H groups in total. The van der Waals surface area contributed by atoms with Gasteiger partial charge in [-0.3, -0.25) is 0 Å². The van der Waals surface area contributed by atoms with Crippen LogP contribution in [0.3, 0.4) is 0 Å². The number of thiazole rings is 1. The summed E-state index contributed by atoms with van der Waals surface area (Å²) in [6.07, 6.45) is 0. The number of aromatic nitrogens is 1. The van der Waals surface area contributed by atoms with Crippen LogP contribution in [-0.4, -0.2) is 17.6 Å². The van der Waals surface area contributed by atoms with Crippen LogP contribution in [0.2, 0.25) is 0 Å². The molecule has 1 aromatic heterocycles. The molecule has 114 valence electrons. The van der Waals surface area contributed by atoms with Gasteiger partial charge >= 0.3 is 0 Å². The maximum absolute atomic E-state index is 5.49. The molecule has 2 rings (SSSR count). The number of hydrogen-bond acceptors (Lipinski definition) is 4. The SMILES string of the molecule is COc1cc(C)ccc1-c1nc(C)c(CNC(C)(C)C)s1. The summed E-state index contributed by atoms with van der Waals surface area (Å²) in [4.78, 5) is 6.00. The van der Waals surface area contributed by atoms with Crippen LogP contribution in [0.15, 0.2) is 18.2 Å². The molecule has 0 aliphatic carbocycles. The van der Waals surface area contributed by atoms with Gasteiger partial charge in [-0.2, -0.15) is 0 Å². The van der Waals surface area contributed by atoms with Crippen molar-refractivity contribution in [1.29, 1.82) is 0 Å². The maximum Gasteiger partial charge on any atom is 0.129 e. The number of benzene rings is 1. The maximum atomic E-state index is 5.49. The Morgan fingerprint density at radius 1 is 1.24 bits per heavy atom. The number of nitrogens with zero attached hydrogens (tertiary/aromatic N) is 1. The molecule has 21 heavy (non-hydrogen) atoms. The van der Waals surface area contributed by atoms with E-state index >= 15 is 0 Å². The third kappa shape index (κ3) is 4.05. The molecule has 1 aromatic carbocycles. The third-order valence-corrected chi connectivity index (χ3v) is 4.45. The first-order chi connectivity index (χ1) is 9.80. The quantitative estimate of drug-likeness (QED) is 0.913. The summed E-state index contributed by atoms with van der Waals surface area (Å²) in [7, 11) is 1.71. The largest absolute Gasteiger partial charge is 0.496 e. The van der Waals surface area contributed by atoms with Crippen molar-refractivity contribution in [3.8, 4) is 16.3 Å². The van der Waals surface area contributed by atoms with E-state index < -0.39 is 0 Å². The van der Waals surface area contributed by atoms with E-state index in [0.717, 1.165) is 28.6 Å². The van der Waals surface area contributed by atoms with Gasteiger partial charge in [-0.05, 0) is 52.3 Å². The number of hydrogen-bond donors (Lipinski definition) is 1. The van der Waals surface area contributed by atoms with E-state index in [-0.39, 0.29) is 5.54 Å². The van der Waals surface area contributed by atoms with Crippen molar-refractivity contribution in [2.45, 2.75) is 46.7 Å². The molecule has 2 aromatic rings. The zero-order chi connectivity index (χ0) is 15.6. The molecule has 0 saturated heterocycles. The van der Waals surface area contributed by atoms with Gasteiger partial charge < -0.3 is 10.1 Å². The van der Waals surface area contributed by atoms with Gasteiger partial charge in [0.25, 0.3) is 0 Å². The molecule has 0 atom stereocenters. The summed E-state index contributed by atoms with van der Waals surface area (Å²) in [5.74, 6) is 0.888. The lowest BCUT2D eigenvalue weighted by Crippen LogP contribution is -2.34. The van der Waals surface area contributed by atoms with Gasteiger partial charge in [0, 0.05) is 17.0 Å². The van der Waals surface area contributed by atoms with Crippen LogP contribution in [0.5, 0.6) is 5.75 Å². The second-order valence-corrected chi connectivity index (χ2v) is 7.42. The van der Waals surface area contributed by atoms with Gasteiger partial charge in [-0.15, -0.1) is 11.3 Å². The first kappa shape index (κ1) is 16.0. The monoisotopic (exact) mass is 304 g/mol. The molecule has 0 bridgehead atoms. The summed E-state index contributed by atoms with van der Waals surface area (Å²) in [5, 5.41) is 4.54. The summed E-state index contributed by atoms with van der Waals surface area (Å²) in [6, 6.07) is 6.24. The Hall–Kier alpha value is -1.39. The predicted octanol–water partition coefficient (Wildman–Crippen LogP) is 4.32. The topological polar surface area (TPSA) is 34.1 Å². The lowest BCUT2D eigenvalue weighted by atomic mass is 10.1. The van der Waals surface area contributed by atoms with Crippen molar-refractivity contribution in [3.63, 3.8) is 0 Å². The zero-order valence-electron chi connectivity index (χ0n) is 13.7. The second kappa shape index (κ2) is 6.16. The van der Waals surface area contributed by atoms with Crippen LogP contribution < -0.4 is 10.1 Å². The minimum absolute atomic E-state index is 0.109. The van der Waals surface area contributed by atoms with Crippen molar-refractivity contribution < 1.29 is 4.74 Å². The second-order valence-electron chi connectivity index (χ2n) is 6.33. The lowest BCUT2D eigenvalue weighted by molar-refractivity contribution is 0.416. The van der Waals surface area contributed by atoms with Gasteiger partial charge in [0.15, 0.2) is 0 Å². The molecule has 1 heterocycles. The fraction of sp³-hybridized carbons (Fsp3) is 0.471. The molecule has 3 nitrogen and oxygen atoms in total. The highest BCUT2D eigenvalue weighted by atomic mass is 32.1. The highest BCUT2D eigenvalue weighted by molar-refractivity contribution is 7.15. The smallest absolute Gasteiger partial charge is 0.129 e. The third-order valence-electron chi connectivity index (χ3n) is 3.26. The molecule has 4 heteroatoms. The van der Waals surface area contributed by atoms with E-state index in [4.69, 9.17) is 9.72 Å². The van der Waals surface area contributed by atoms with Crippen molar-refractivity contribution in [2.24, 2.45) is 0 Å². The van der Waals surface area contributed by atoms with Gasteiger partial charge in [-0.25, -0.2) is 4.98 Å². The fourth-order valence-corrected chi connectivity index (χ4v) is 3.06. The van der Waals surface area contributed by atoms with Crippen LogP contribution in [0.1, 0.15) is 36.9 Å². The van der Waals surface area contributed by atoms with Crippen LogP contribution in [0, 0.1) is 13.8 Å². The van der Waals surface area contributed by atoms with Crippen LogP contribution in [0.25, 0.3) is 10.6 Å². The lowest BCUT2D eigenvalue weighted by Gasteiger charge is -2.19. The molecule has 0 spiro atoms. The number of methoxy groups -OCH3 is 1. The molecular weight excluding hydrogens is 280 g/mol. The minimum atomic E-state index is 0.109. The highest BCUT2D eigenvalue weighted by Gasteiger charge is 2.15. The van der Waals surface area contributed by atoms with Gasteiger partial charge in [0.1, 0.15) is 10.8 Å². The van der Waals surface area contributed by atoms with E-state index in [0.29, 0.717) is 0 Å². The number of rotatable bonds is 4. The molecular formula is C17H24N2OS. The van der Waals surface area contributed by atoms with E-state index in [1.807, 2.05) is 0 Å². The molecule has 0 aliphatic heterocycles. The van der Waals surface area contributed by atoms with Gasteiger partial charge in [0.2, 0.25) is 0 Å². The molecule has 0 saturated carbocycles. The molecule has 0 unspecified atom stereocenters. The average molecular weight is 304 g/mol. The minimum Gasteiger partial charge on any atom is -0.496 e.